The van der Waals surface area contributed by atoms with Crippen LogP contribution in [-0.4, -0.2) is 11.1 Å². The molecule has 0 unspecified atom stereocenters. The van der Waals surface area contributed by atoms with Gasteiger partial charge in [0.05, 0.1) is 5.56 Å². The summed E-state index contributed by atoms with van der Waals surface area (Å²) in [5.74, 6) is -4.09. The normalized spacial score (nSPS) is 10.4. The molecule has 0 aromatic heterocycles. The molecular formula is C13H7F3O2. The van der Waals surface area contributed by atoms with Crippen LogP contribution in [0.5, 0.6) is 0 Å². The Bertz CT molecular complexity index is 624. The molecule has 2 aromatic carbocycles. The number of benzene rings is 2. The van der Waals surface area contributed by atoms with Gasteiger partial charge in [0.15, 0.2) is 11.6 Å². The van der Waals surface area contributed by atoms with Crippen LogP contribution >= 0.6 is 0 Å². The average Bonchev–Trinajstić information content (AvgIpc) is 2.33. The Balaban J connectivity index is 2.58. The summed E-state index contributed by atoms with van der Waals surface area (Å²) >= 11 is 0. The molecule has 0 aliphatic heterocycles. The maximum Gasteiger partial charge on any atom is 0.335 e. The number of carboxylic acids is 1. The third kappa shape index (κ3) is 2.20. The molecule has 0 bridgehead atoms. The molecule has 0 amide bonds. The predicted octanol–water partition coefficient (Wildman–Crippen LogP) is 3.47. The Morgan fingerprint density at radius 1 is 0.889 bits per heavy atom. The molecular weight excluding hydrogens is 245 g/mol. The lowest BCUT2D eigenvalue weighted by Crippen LogP contribution is -1.98. The van der Waals surface area contributed by atoms with Gasteiger partial charge in [-0.25, -0.2) is 18.0 Å². The van der Waals surface area contributed by atoms with Gasteiger partial charge >= 0.3 is 5.97 Å². The van der Waals surface area contributed by atoms with Gasteiger partial charge in [0.1, 0.15) is 5.82 Å². The largest absolute Gasteiger partial charge is 0.478 e. The molecule has 0 radical (unpaired) electrons. The van der Waals surface area contributed by atoms with Crippen LogP contribution in [0.15, 0.2) is 36.4 Å². The molecule has 0 atom stereocenters. The van der Waals surface area contributed by atoms with Gasteiger partial charge in [0.2, 0.25) is 0 Å². The standard InChI is InChI=1S/C13H7F3O2/c14-10-3-2-8(13(17)18)5-9(10)7-1-4-11(15)12(16)6-7/h1-6H,(H,17,18). The zero-order chi connectivity index (χ0) is 13.3. The van der Waals surface area contributed by atoms with Crippen LogP contribution in [0, 0.1) is 17.5 Å². The molecule has 2 nitrogen and oxygen atoms in total. The molecule has 92 valence electrons. The van der Waals surface area contributed by atoms with E-state index < -0.39 is 23.4 Å². The molecule has 1 N–H and O–H groups in total. The lowest BCUT2D eigenvalue weighted by atomic mass is 10.0. The summed E-state index contributed by atoms with van der Waals surface area (Å²) < 4.78 is 39.3. The molecule has 0 spiro atoms. The van der Waals surface area contributed by atoms with Crippen molar-refractivity contribution in [2.24, 2.45) is 0 Å². The van der Waals surface area contributed by atoms with E-state index in [-0.39, 0.29) is 16.7 Å². The highest BCUT2D eigenvalue weighted by Crippen LogP contribution is 2.25. The lowest BCUT2D eigenvalue weighted by Gasteiger charge is -2.05. The van der Waals surface area contributed by atoms with Crippen molar-refractivity contribution in [2.75, 3.05) is 0 Å². The predicted molar refractivity (Wildman–Crippen MR) is 58.7 cm³/mol. The summed E-state index contributed by atoms with van der Waals surface area (Å²) in [5, 5.41) is 8.79. The van der Waals surface area contributed by atoms with Gasteiger partial charge in [-0.1, -0.05) is 6.07 Å². The Morgan fingerprint density at radius 3 is 2.17 bits per heavy atom. The summed E-state index contributed by atoms with van der Waals surface area (Å²) in [4.78, 5) is 10.8. The van der Waals surface area contributed by atoms with Crippen molar-refractivity contribution in [3.8, 4) is 11.1 Å². The number of carbonyl (C=O) groups is 1. The molecule has 0 aliphatic rings. The maximum atomic E-state index is 13.5. The van der Waals surface area contributed by atoms with E-state index in [4.69, 9.17) is 5.11 Å². The van der Waals surface area contributed by atoms with Crippen LogP contribution in [0.2, 0.25) is 0 Å². The molecule has 0 heterocycles. The summed E-state index contributed by atoms with van der Waals surface area (Å²) in [6.07, 6.45) is 0. The van der Waals surface area contributed by atoms with Gasteiger partial charge in [-0.3, -0.25) is 0 Å². The van der Waals surface area contributed by atoms with Crippen LogP contribution in [0.3, 0.4) is 0 Å². The van der Waals surface area contributed by atoms with Crippen molar-refractivity contribution in [1.82, 2.24) is 0 Å². The van der Waals surface area contributed by atoms with E-state index in [0.29, 0.717) is 0 Å². The van der Waals surface area contributed by atoms with Gasteiger partial charge in [-0.05, 0) is 35.9 Å². The fourth-order valence-electron chi connectivity index (χ4n) is 1.54. The molecule has 18 heavy (non-hydrogen) atoms. The first kappa shape index (κ1) is 12.2. The number of halogens is 3. The minimum absolute atomic E-state index is 0.0782. The molecule has 0 aliphatic carbocycles. The minimum Gasteiger partial charge on any atom is -0.478 e. The fraction of sp³-hybridized carbons (Fsp3) is 0. The highest BCUT2D eigenvalue weighted by molar-refractivity contribution is 5.89. The zero-order valence-electron chi connectivity index (χ0n) is 8.95. The zero-order valence-corrected chi connectivity index (χ0v) is 8.95. The quantitative estimate of drug-likeness (QED) is 0.888. The van der Waals surface area contributed by atoms with Gasteiger partial charge in [0.25, 0.3) is 0 Å². The first-order valence-electron chi connectivity index (χ1n) is 4.97. The Hall–Kier alpha value is -2.30. The number of carboxylic acid groups (broad SMARTS) is 1. The Labute approximate surface area is 100 Å². The average molecular weight is 252 g/mol. The van der Waals surface area contributed by atoms with Crippen molar-refractivity contribution >= 4 is 5.97 Å². The van der Waals surface area contributed by atoms with E-state index in [2.05, 4.69) is 0 Å². The molecule has 2 aromatic rings. The van der Waals surface area contributed by atoms with Crippen LogP contribution in [0.4, 0.5) is 13.2 Å². The first-order valence-corrected chi connectivity index (χ1v) is 4.97. The third-order valence-electron chi connectivity index (χ3n) is 2.44. The van der Waals surface area contributed by atoms with E-state index in [1.54, 1.807) is 0 Å². The molecule has 0 saturated carbocycles. The number of hydrogen-bond donors (Lipinski definition) is 1. The van der Waals surface area contributed by atoms with Gasteiger partial charge < -0.3 is 5.11 Å². The molecule has 0 fully saturated rings. The highest BCUT2D eigenvalue weighted by atomic mass is 19.2. The highest BCUT2D eigenvalue weighted by Gasteiger charge is 2.12. The molecule has 0 saturated heterocycles. The summed E-state index contributed by atoms with van der Waals surface area (Å²) in [5.41, 5.74) is -0.139. The van der Waals surface area contributed by atoms with Gasteiger partial charge in [-0.15, -0.1) is 0 Å². The van der Waals surface area contributed by atoms with Gasteiger partial charge in [-0.2, -0.15) is 0 Å². The second-order valence-corrected chi connectivity index (χ2v) is 3.63. The molecule has 5 heteroatoms. The number of aromatic carboxylic acids is 1. The van der Waals surface area contributed by atoms with Crippen LogP contribution in [0.25, 0.3) is 11.1 Å². The van der Waals surface area contributed by atoms with Gasteiger partial charge in [0, 0.05) is 5.56 Å². The second-order valence-electron chi connectivity index (χ2n) is 3.63. The SMILES string of the molecule is O=C(O)c1ccc(F)c(-c2ccc(F)c(F)c2)c1. The summed E-state index contributed by atoms with van der Waals surface area (Å²) in [6, 6.07) is 6.00. The van der Waals surface area contributed by atoms with E-state index in [1.165, 1.54) is 6.07 Å². The maximum absolute atomic E-state index is 13.5. The topological polar surface area (TPSA) is 37.3 Å². The monoisotopic (exact) mass is 252 g/mol. The molecule has 2 rings (SSSR count). The third-order valence-corrected chi connectivity index (χ3v) is 2.44. The fourth-order valence-corrected chi connectivity index (χ4v) is 1.54. The summed E-state index contributed by atoms with van der Waals surface area (Å²) in [7, 11) is 0. The second kappa shape index (κ2) is 4.52. The van der Waals surface area contributed by atoms with Crippen molar-refractivity contribution in [3.05, 3.63) is 59.4 Å². The minimum atomic E-state index is -1.22. The smallest absolute Gasteiger partial charge is 0.335 e. The van der Waals surface area contributed by atoms with E-state index in [0.717, 1.165) is 30.3 Å². The number of rotatable bonds is 2. The van der Waals surface area contributed by atoms with Crippen molar-refractivity contribution in [2.45, 2.75) is 0 Å². The number of hydrogen-bond acceptors (Lipinski definition) is 1. The van der Waals surface area contributed by atoms with E-state index in [9.17, 15) is 18.0 Å². The van der Waals surface area contributed by atoms with Crippen molar-refractivity contribution in [1.29, 1.82) is 0 Å². The van der Waals surface area contributed by atoms with Crippen LogP contribution in [-0.2, 0) is 0 Å². The van der Waals surface area contributed by atoms with E-state index in [1.807, 2.05) is 0 Å². The Kier molecular flexibility index (Phi) is 3.06. The van der Waals surface area contributed by atoms with Crippen molar-refractivity contribution < 1.29 is 23.1 Å². The lowest BCUT2D eigenvalue weighted by molar-refractivity contribution is 0.0697. The van der Waals surface area contributed by atoms with Crippen LogP contribution in [0.1, 0.15) is 10.4 Å². The summed E-state index contributed by atoms with van der Waals surface area (Å²) in [6.45, 7) is 0. The van der Waals surface area contributed by atoms with Crippen LogP contribution < -0.4 is 0 Å². The van der Waals surface area contributed by atoms with E-state index >= 15 is 0 Å². The first-order chi connectivity index (χ1) is 8.49. The van der Waals surface area contributed by atoms with Crippen molar-refractivity contribution in [3.63, 3.8) is 0 Å². The Morgan fingerprint density at radius 2 is 1.56 bits per heavy atom.